The molecule has 0 saturated carbocycles. The first-order valence-corrected chi connectivity index (χ1v) is 8.05. The number of aliphatic carboxylic acids is 1. The van der Waals surface area contributed by atoms with E-state index >= 15 is 0 Å². The number of carboxylic acid groups (broad SMARTS) is 1. The van der Waals surface area contributed by atoms with E-state index in [9.17, 15) is 9.59 Å². The van der Waals surface area contributed by atoms with Gasteiger partial charge in [-0.05, 0) is 12.0 Å². The predicted molar refractivity (Wildman–Crippen MR) is 82.2 cm³/mol. The second-order valence-electron chi connectivity index (χ2n) is 5.00. The minimum atomic E-state index is -1.03. The molecule has 2 N–H and O–H groups in total. The molecule has 8 heteroatoms. The van der Waals surface area contributed by atoms with E-state index in [1.165, 1.54) is 22.7 Å². The van der Waals surface area contributed by atoms with Gasteiger partial charge in [0.2, 0.25) is 0 Å². The fourth-order valence-electron chi connectivity index (χ4n) is 2.09. The molecular formula is C13H13N3O3S2. The Labute approximate surface area is 128 Å². The van der Waals surface area contributed by atoms with E-state index in [1.54, 1.807) is 19.9 Å². The van der Waals surface area contributed by atoms with Gasteiger partial charge < -0.3 is 10.4 Å². The minimum absolute atomic E-state index is 0.180. The number of nitrogens with one attached hydrogen (secondary N) is 1. The molecule has 1 amide bonds. The van der Waals surface area contributed by atoms with Crippen LogP contribution in [-0.4, -0.2) is 32.4 Å². The normalized spacial score (nSPS) is 13.1. The summed E-state index contributed by atoms with van der Waals surface area (Å²) < 4.78 is 1.92. The number of thiazole rings is 1. The summed E-state index contributed by atoms with van der Waals surface area (Å²) >= 11 is 2.80. The number of carbonyl (C=O) groups is 2. The zero-order valence-electron chi connectivity index (χ0n) is 11.4. The molecule has 0 aliphatic heterocycles. The fraction of sp³-hybridized carbons (Fsp3) is 0.308. The third-order valence-corrected chi connectivity index (χ3v) is 4.96. The smallest absolute Gasteiger partial charge is 0.326 e. The predicted octanol–water partition coefficient (Wildman–Crippen LogP) is 2.45. The molecule has 0 aromatic carbocycles. The maximum absolute atomic E-state index is 12.2. The van der Waals surface area contributed by atoms with Crippen molar-refractivity contribution in [3.05, 3.63) is 22.5 Å². The van der Waals surface area contributed by atoms with Crippen molar-refractivity contribution in [3.8, 4) is 0 Å². The number of carboxylic acids is 1. The van der Waals surface area contributed by atoms with Crippen LogP contribution in [0.5, 0.6) is 0 Å². The molecule has 0 spiro atoms. The molecule has 3 aromatic rings. The van der Waals surface area contributed by atoms with Crippen LogP contribution in [0.4, 0.5) is 0 Å². The number of fused-ring (bicyclic) bond motifs is 3. The second-order valence-corrected chi connectivity index (χ2v) is 6.91. The molecule has 3 rings (SSSR count). The number of hydrogen-bond acceptors (Lipinski definition) is 5. The third kappa shape index (κ3) is 2.40. The summed E-state index contributed by atoms with van der Waals surface area (Å²) in [5.41, 5.74) is 0.873. The SMILES string of the molecule is CC(C)C(NC(=O)c1cc2c(nc3sccn32)s1)C(=O)O. The highest BCUT2D eigenvalue weighted by Gasteiger charge is 2.25. The van der Waals surface area contributed by atoms with E-state index in [1.807, 2.05) is 16.0 Å². The van der Waals surface area contributed by atoms with Gasteiger partial charge in [0.05, 0.1) is 10.4 Å². The molecule has 3 aromatic heterocycles. The average Bonchev–Trinajstić information content (AvgIpc) is 3.05. The van der Waals surface area contributed by atoms with Gasteiger partial charge in [-0.15, -0.1) is 22.7 Å². The van der Waals surface area contributed by atoms with Crippen LogP contribution in [0.2, 0.25) is 0 Å². The molecule has 0 radical (unpaired) electrons. The van der Waals surface area contributed by atoms with Gasteiger partial charge in [0.1, 0.15) is 10.9 Å². The second kappa shape index (κ2) is 5.12. The summed E-state index contributed by atoms with van der Waals surface area (Å²) in [7, 11) is 0. The Morgan fingerprint density at radius 1 is 1.43 bits per heavy atom. The molecule has 0 saturated heterocycles. The summed E-state index contributed by atoms with van der Waals surface area (Å²) in [6.07, 6.45) is 1.90. The lowest BCUT2D eigenvalue weighted by molar-refractivity contribution is -0.140. The monoisotopic (exact) mass is 323 g/mol. The van der Waals surface area contributed by atoms with Gasteiger partial charge in [0.15, 0.2) is 4.96 Å². The summed E-state index contributed by atoms with van der Waals surface area (Å²) in [5.74, 6) is -1.58. The minimum Gasteiger partial charge on any atom is -0.480 e. The van der Waals surface area contributed by atoms with Crippen LogP contribution in [0.15, 0.2) is 17.6 Å². The third-order valence-electron chi connectivity index (χ3n) is 3.18. The van der Waals surface area contributed by atoms with E-state index in [-0.39, 0.29) is 11.8 Å². The molecule has 3 heterocycles. The number of thiophene rings is 1. The van der Waals surface area contributed by atoms with Crippen LogP contribution in [0, 0.1) is 5.92 Å². The van der Waals surface area contributed by atoms with E-state index in [0.717, 1.165) is 15.3 Å². The summed E-state index contributed by atoms with van der Waals surface area (Å²) in [4.78, 5) is 29.9. The van der Waals surface area contributed by atoms with E-state index in [0.29, 0.717) is 4.88 Å². The highest BCUT2D eigenvalue weighted by molar-refractivity contribution is 7.21. The van der Waals surface area contributed by atoms with Gasteiger partial charge in [0, 0.05) is 11.6 Å². The largest absolute Gasteiger partial charge is 0.480 e. The van der Waals surface area contributed by atoms with Crippen molar-refractivity contribution in [2.45, 2.75) is 19.9 Å². The maximum atomic E-state index is 12.2. The first-order valence-electron chi connectivity index (χ1n) is 6.36. The molecule has 21 heavy (non-hydrogen) atoms. The van der Waals surface area contributed by atoms with Crippen molar-refractivity contribution in [2.75, 3.05) is 0 Å². The first kappa shape index (κ1) is 14.0. The molecule has 0 aliphatic rings. The fourth-order valence-corrected chi connectivity index (χ4v) is 3.79. The molecule has 1 atom stereocenters. The number of amides is 1. The van der Waals surface area contributed by atoms with Gasteiger partial charge in [-0.3, -0.25) is 9.20 Å². The van der Waals surface area contributed by atoms with E-state index < -0.39 is 12.0 Å². The molecule has 6 nitrogen and oxygen atoms in total. The van der Waals surface area contributed by atoms with Gasteiger partial charge in [-0.1, -0.05) is 13.8 Å². The highest BCUT2D eigenvalue weighted by atomic mass is 32.1. The van der Waals surface area contributed by atoms with Crippen LogP contribution in [0.25, 0.3) is 15.3 Å². The van der Waals surface area contributed by atoms with Crippen LogP contribution in [-0.2, 0) is 4.79 Å². The van der Waals surface area contributed by atoms with Crippen molar-refractivity contribution in [3.63, 3.8) is 0 Å². The lowest BCUT2D eigenvalue weighted by Gasteiger charge is -2.17. The number of carbonyl (C=O) groups excluding carboxylic acids is 1. The van der Waals surface area contributed by atoms with Crippen LogP contribution < -0.4 is 5.32 Å². The molecule has 0 fully saturated rings. The van der Waals surface area contributed by atoms with E-state index in [2.05, 4.69) is 10.3 Å². The summed E-state index contributed by atoms with van der Waals surface area (Å²) in [5, 5.41) is 13.6. The number of nitrogens with zero attached hydrogens (tertiary/aromatic N) is 2. The Morgan fingerprint density at radius 2 is 2.19 bits per heavy atom. The number of imidazole rings is 1. The lowest BCUT2D eigenvalue weighted by Crippen LogP contribution is -2.44. The van der Waals surface area contributed by atoms with Gasteiger partial charge in [-0.25, -0.2) is 9.78 Å². The van der Waals surface area contributed by atoms with Crippen LogP contribution >= 0.6 is 22.7 Å². The highest BCUT2D eigenvalue weighted by Crippen LogP contribution is 2.28. The quantitative estimate of drug-likeness (QED) is 0.772. The van der Waals surface area contributed by atoms with Gasteiger partial charge in [0.25, 0.3) is 5.91 Å². The van der Waals surface area contributed by atoms with Crippen molar-refractivity contribution in [2.24, 2.45) is 5.92 Å². The Hall–Kier alpha value is -1.93. The number of hydrogen-bond donors (Lipinski definition) is 2. The Bertz CT molecular complexity index is 830. The Morgan fingerprint density at radius 3 is 2.86 bits per heavy atom. The molecular weight excluding hydrogens is 310 g/mol. The molecule has 0 aliphatic carbocycles. The van der Waals surface area contributed by atoms with Crippen LogP contribution in [0.1, 0.15) is 23.5 Å². The lowest BCUT2D eigenvalue weighted by atomic mass is 10.0. The number of rotatable bonds is 4. The van der Waals surface area contributed by atoms with E-state index in [4.69, 9.17) is 5.11 Å². The average molecular weight is 323 g/mol. The van der Waals surface area contributed by atoms with Gasteiger partial charge in [-0.2, -0.15) is 0 Å². The van der Waals surface area contributed by atoms with Crippen molar-refractivity contribution >= 4 is 49.9 Å². The zero-order valence-corrected chi connectivity index (χ0v) is 13.0. The molecule has 1 unspecified atom stereocenters. The van der Waals surface area contributed by atoms with Crippen LogP contribution in [0.3, 0.4) is 0 Å². The zero-order chi connectivity index (χ0) is 15.1. The summed E-state index contributed by atoms with van der Waals surface area (Å²) in [6.45, 7) is 3.52. The molecule has 110 valence electrons. The Kier molecular flexibility index (Phi) is 3.42. The van der Waals surface area contributed by atoms with Crippen molar-refractivity contribution in [1.29, 1.82) is 0 Å². The maximum Gasteiger partial charge on any atom is 0.326 e. The number of aromatic nitrogens is 2. The summed E-state index contributed by atoms with van der Waals surface area (Å²) in [6, 6.07) is 0.858. The van der Waals surface area contributed by atoms with Gasteiger partial charge >= 0.3 is 5.97 Å². The molecule has 0 bridgehead atoms. The topological polar surface area (TPSA) is 83.7 Å². The van der Waals surface area contributed by atoms with Crippen molar-refractivity contribution < 1.29 is 14.7 Å². The Balaban J connectivity index is 1.90. The first-order chi connectivity index (χ1) is 9.97. The van der Waals surface area contributed by atoms with Crippen molar-refractivity contribution in [1.82, 2.24) is 14.7 Å². The standard InChI is InChI=1S/C13H13N3O3S2/c1-6(2)9(12(18)19)14-10(17)8-5-7-11(21-8)15-13-16(7)3-4-20-13/h3-6,9H,1-2H3,(H,14,17)(H,18,19).